The maximum absolute atomic E-state index is 13.6. The molecule has 38 heavy (non-hydrogen) atoms. The minimum Gasteiger partial charge on any atom is -0.449 e. The fraction of sp³-hybridized carbons (Fsp3) is 0.760. The van der Waals surface area contributed by atoms with Crippen molar-refractivity contribution < 1.29 is 33.5 Å². The summed E-state index contributed by atoms with van der Waals surface area (Å²) < 4.78 is 5.11. The van der Waals surface area contributed by atoms with E-state index in [1.54, 1.807) is 25.7 Å². The number of nitrogens with one attached hydrogen (secondary N) is 3. The van der Waals surface area contributed by atoms with Crippen molar-refractivity contribution >= 4 is 35.6 Å². The number of ether oxygens (including phenoxy) is 1. The molecule has 2 saturated heterocycles. The molecule has 2 fully saturated rings. The molecule has 2 heterocycles. The van der Waals surface area contributed by atoms with E-state index in [-0.39, 0.29) is 6.54 Å². The number of likely N-dealkylation sites (tertiary alicyclic amines) is 1. The van der Waals surface area contributed by atoms with Gasteiger partial charge in [0.15, 0.2) is 0 Å². The topological polar surface area (TPSA) is 180 Å². The minimum atomic E-state index is -1.15. The summed E-state index contributed by atoms with van der Waals surface area (Å²) in [6.45, 7) is 12.1. The van der Waals surface area contributed by atoms with E-state index < -0.39 is 71.1 Å². The van der Waals surface area contributed by atoms with E-state index in [0.717, 1.165) is 0 Å². The molecule has 0 aromatic carbocycles. The fourth-order valence-electron chi connectivity index (χ4n) is 4.34. The van der Waals surface area contributed by atoms with Crippen LogP contribution < -0.4 is 21.7 Å². The maximum Gasteiger partial charge on any atom is 0.409 e. The lowest BCUT2D eigenvalue weighted by Gasteiger charge is -2.38. The van der Waals surface area contributed by atoms with Gasteiger partial charge in [0.2, 0.25) is 17.6 Å². The van der Waals surface area contributed by atoms with Gasteiger partial charge in [-0.05, 0) is 30.1 Å². The number of amides is 6. The Labute approximate surface area is 223 Å². The van der Waals surface area contributed by atoms with Crippen molar-refractivity contribution in [1.82, 2.24) is 25.8 Å². The molecule has 2 rings (SSSR count). The summed E-state index contributed by atoms with van der Waals surface area (Å²) in [6, 6.07) is -2.82. The molecule has 0 unspecified atom stereocenters. The highest BCUT2D eigenvalue weighted by molar-refractivity contribution is 6.36. The number of cyclic esters (lactones) is 1. The molecule has 0 spiro atoms. The zero-order valence-corrected chi connectivity index (χ0v) is 23.2. The van der Waals surface area contributed by atoms with Gasteiger partial charge in [-0.25, -0.2) is 9.59 Å². The average Bonchev–Trinajstić information content (AvgIpc) is 3.30. The molecule has 0 aliphatic carbocycles. The van der Waals surface area contributed by atoms with Crippen LogP contribution in [0.25, 0.3) is 0 Å². The van der Waals surface area contributed by atoms with Crippen molar-refractivity contribution in [2.24, 2.45) is 16.6 Å². The fourth-order valence-corrected chi connectivity index (χ4v) is 4.34. The van der Waals surface area contributed by atoms with Crippen LogP contribution >= 0.6 is 0 Å². The zero-order chi connectivity index (χ0) is 28.8. The molecule has 0 radical (unpaired) electrons. The minimum absolute atomic E-state index is 0.252. The Bertz CT molecular complexity index is 939. The molecule has 3 atom stereocenters. The number of carbonyl (C=O) groups is 6. The average molecular weight is 539 g/mol. The second kappa shape index (κ2) is 12.4. The van der Waals surface area contributed by atoms with Gasteiger partial charge in [0.25, 0.3) is 5.91 Å². The van der Waals surface area contributed by atoms with Gasteiger partial charge in [-0.15, -0.1) is 0 Å². The Morgan fingerprint density at radius 3 is 2.21 bits per heavy atom. The molecule has 214 valence electrons. The SMILES string of the molecule is CC(C)(C)[C@H](NC(=O)N[C@H](CN1CCCOC1=O)C(C)(C)C)C(=O)N1CCC[C@H]1C(=O)NCC(=O)C(N)=O. The standard InChI is InChI=1S/C25H42N6O7/c1-24(2,3)17(14-30-10-8-12-38-23(30)37)28-22(36)29-18(25(4,5)6)21(35)31-11-7-9-15(31)20(34)27-13-16(32)19(26)33/h15,17-18H,7-14H2,1-6H3,(H2,26,33)(H,27,34)(H2,28,29,36)/t15-,17+,18+/m0/s1. The number of carbonyl (C=O) groups excluding carboxylic acids is 6. The lowest BCUT2D eigenvalue weighted by molar-refractivity contribution is -0.142. The molecule has 13 nitrogen and oxygen atoms in total. The molecule has 0 aromatic rings. The Morgan fingerprint density at radius 2 is 1.66 bits per heavy atom. The van der Waals surface area contributed by atoms with E-state index in [4.69, 9.17) is 10.5 Å². The van der Waals surface area contributed by atoms with Crippen LogP contribution in [0, 0.1) is 10.8 Å². The predicted molar refractivity (Wildman–Crippen MR) is 138 cm³/mol. The van der Waals surface area contributed by atoms with Gasteiger partial charge in [0.05, 0.1) is 19.2 Å². The smallest absolute Gasteiger partial charge is 0.409 e. The first kappa shape index (κ1) is 30.8. The Balaban J connectivity index is 2.12. The number of primary amides is 1. The highest BCUT2D eigenvalue weighted by Crippen LogP contribution is 2.26. The Hall–Kier alpha value is -3.38. The molecule has 2 aliphatic rings. The summed E-state index contributed by atoms with van der Waals surface area (Å²) in [5.41, 5.74) is 3.82. The van der Waals surface area contributed by atoms with Gasteiger partial charge in [-0.1, -0.05) is 41.5 Å². The first-order chi connectivity index (χ1) is 17.5. The lowest BCUT2D eigenvalue weighted by Crippen LogP contribution is -2.61. The van der Waals surface area contributed by atoms with E-state index in [1.807, 2.05) is 20.8 Å². The molecule has 5 N–H and O–H groups in total. The Kier molecular flexibility index (Phi) is 10.1. The van der Waals surface area contributed by atoms with Crippen LogP contribution in [-0.4, -0.2) is 96.3 Å². The molecule has 6 amide bonds. The van der Waals surface area contributed by atoms with Gasteiger partial charge in [-0.3, -0.25) is 19.2 Å². The molecular formula is C25H42N6O7. The summed E-state index contributed by atoms with van der Waals surface area (Å²) in [6.07, 6.45) is 1.22. The van der Waals surface area contributed by atoms with Crippen molar-refractivity contribution in [3.63, 3.8) is 0 Å². The van der Waals surface area contributed by atoms with E-state index in [1.165, 1.54) is 4.90 Å². The third-order valence-electron chi connectivity index (χ3n) is 6.73. The molecule has 2 aliphatic heterocycles. The number of nitrogens with two attached hydrogens (primary N) is 1. The van der Waals surface area contributed by atoms with Crippen LogP contribution in [0.3, 0.4) is 0 Å². The van der Waals surface area contributed by atoms with Crippen LogP contribution in [0.4, 0.5) is 9.59 Å². The number of rotatable bonds is 9. The van der Waals surface area contributed by atoms with Gasteiger partial charge in [0, 0.05) is 19.6 Å². The second-order valence-corrected chi connectivity index (χ2v) is 11.9. The van der Waals surface area contributed by atoms with Crippen LogP contribution in [0.1, 0.15) is 60.8 Å². The Morgan fingerprint density at radius 1 is 1.00 bits per heavy atom. The largest absolute Gasteiger partial charge is 0.449 e. The van der Waals surface area contributed by atoms with Crippen LogP contribution in [-0.2, 0) is 23.9 Å². The maximum atomic E-state index is 13.6. The third-order valence-corrected chi connectivity index (χ3v) is 6.73. The van der Waals surface area contributed by atoms with Crippen molar-refractivity contribution in [2.45, 2.75) is 78.9 Å². The summed E-state index contributed by atoms with van der Waals surface area (Å²) >= 11 is 0. The van der Waals surface area contributed by atoms with Gasteiger partial charge in [0.1, 0.15) is 12.1 Å². The first-order valence-electron chi connectivity index (χ1n) is 12.9. The van der Waals surface area contributed by atoms with Crippen LogP contribution in [0.2, 0.25) is 0 Å². The van der Waals surface area contributed by atoms with E-state index in [9.17, 15) is 28.8 Å². The molecular weight excluding hydrogens is 496 g/mol. The van der Waals surface area contributed by atoms with E-state index in [0.29, 0.717) is 39.0 Å². The number of Topliss-reactive ketones (excluding diaryl/α,β-unsaturated/α-hetero) is 1. The number of hydrogen-bond donors (Lipinski definition) is 4. The number of nitrogens with zero attached hydrogens (tertiary/aromatic N) is 2. The number of urea groups is 1. The van der Waals surface area contributed by atoms with Gasteiger partial charge in [-0.2, -0.15) is 0 Å². The van der Waals surface area contributed by atoms with E-state index >= 15 is 0 Å². The number of ketones is 1. The summed E-state index contributed by atoms with van der Waals surface area (Å²) in [5, 5.41) is 8.07. The summed E-state index contributed by atoms with van der Waals surface area (Å²) in [4.78, 5) is 77.0. The van der Waals surface area contributed by atoms with Crippen LogP contribution in [0.15, 0.2) is 0 Å². The van der Waals surface area contributed by atoms with Crippen molar-refractivity contribution in [3.05, 3.63) is 0 Å². The summed E-state index contributed by atoms with van der Waals surface area (Å²) in [5.74, 6) is -3.09. The first-order valence-corrected chi connectivity index (χ1v) is 12.9. The monoisotopic (exact) mass is 538 g/mol. The predicted octanol–water partition coefficient (Wildman–Crippen LogP) is 0.119. The van der Waals surface area contributed by atoms with Crippen molar-refractivity contribution in [3.8, 4) is 0 Å². The van der Waals surface area contributed by atoms with Crippen LogP contribution in [0.5, 0.6) is 0 Å². The number of hydrogen-bond acceptors (Lipinski definition) is 7. The van der Waals surface area contributed by atoms with Crippen molar-refractivity contribution in [2.75, 3.05) is 32.8 Å². The highest BCUT2D eigenvalue weighted by atomic mass is 16.6. The highest BCUT2D eigenvalue weighted by Gasteiger charge is 2.42. The molecule has 0 aromatic heterocycles. The molecule has 0 bridgehead atoms. The zero-order valence-electron chi connectivity index (χ0n) is 23.2. The lowest BCUT2D eigenvalue weighted by atomic mass is 9.85. The summed E-state index contributed by atoms with van der Waals surface area (Å²) in [7, 11) is 0. The molecule has 0 saturated carbocycles. The normalized spacial score (nSPS) is 19.7. The molecule has 13 heteroatoms. The van der Waals surface area contributed by atoms with Crippen molar-refractivity contribution in [1.29, 1.82) is 0 Å². The second-order valence-electron chi connectivity index (χ2n) is 11.9. The van der Waals surface area contributed by atoms with Gasteiger partial charge < -0.3 is 36.2 Å². The quantitative estimate of drug-likeness (QED) is 0.301. The van der Waals surface area contributed by atoms with Gasteiger partial charge >= 0.3 is 12.1 Å². The third kappa shape index (κ3) is 8.32. The van der Waals surface area contributed by atoms with E-state index in [2.05, 4.69) is 16.0 Å².